The first-order valence-electron chi connectivity index (χ1n) is 16.8. The van der Waals surface area contributed by atoms with Crippen LogP contribution in [-0.2, 0) is 0 Å². The molecule has 0 radical (unpaired) electrons. The van der Waals surface area contributed by atoms with Gasteiger partial charge in [0.2, 0.25) is 0 Å². The topological polar surface area (TPSA) is 27.7 Å². The summed E-state index contributed by atoms with van der Waals surface area (Å²) in [7, 11) is 0. The number of fused-ring (bicyclic) bond motifs is 4. The van der Waals surface area contributed by atoms with Crippen LogP contribution in [-0.4, -0.2) is 6.71 Å². The third-order valence-corrected chi connectivity index (χ3v) is 9.89. The largest absolute Gasteiger partial charge is 0.458 e. The maximum Gasteiger partial charge on any atom is 0.260 e. The van der Waals surface area contributed by atoms with Crippen molar-refractivity contribution in [3.8, 4) is 67.9 Å². The van der Waals surface area contributed by atoms with Crippen LogP contribution in [0.25, 0.3) is 33.4 Å². The Labute approximate surface area is 287 Å². The summed E-state index contributed by atoms with van der Waals surface area (Å²) in [5.41, 5.74) is 13.9. The Hall–Kier alpha value is -6.00. The smallest absolute Gasteiger partial charge is 0.260 e. The Morgan fingerprint density at radius 2 is 0.878 bits per heavy atom. The van der Waals surface area contributed by atoms with Crippen molar-refractivity contribution in [3.05, 3.63) is 162 Å². The van der Waals surface area contributed by atoms with Gasteiger partial charge in [-0.1, -0.05) is 109 Å². The van der Waals surface area contributed by atoms with E-state index in [-0.39, 0.29) is 6.71 Å². The molecule has 4 heteroatoms. The molecule has 0 N–H and O–H groups in total. The van der Waals surface area contributed by atoms with Crippen molar-refractivity contribution in [2.45, 2.75) is 20.8 Å². The quantitative estimate of drug-likeness (QED) is 0.177. The monoisotopic (exact) mass is 632 g/mol. The van der Waals surface area contributed by atoms with Crippen LogP contribution < -0.4 is 30.6 Å². The van der Waals surface area contributed by atoms with E-state index in [0.717, 1.165) is 61.8 Å². The van der Waals surface area contributed by atoms with Crippen LogP contribution in [0.15, 0.2) is 146 Å². The molecule has 0 amide bonds. The molecule has 0 saturated carbocycles. The zero-order valence-electron chi connectivity index (χ0n) is 27.7. The molecule has 2 heterocycles. The SMILES string of the molecule is Cc1ccccc1-c1cccc(Oc2cc3c4c(c2)Oc2cc(-c5ccccc5C)ccc2B4c2ccc(-c4ccccc4C)cc2O3)c1. The van der Waals surface area contributed by atoms with Gasteiger partial charge in [0.1, 0.15) is 34.5 Å². The highest BCUT2D eigenvalue weighted by atomic mass is 16.5. The van der Waals surface area contributed by atoms with Crippen LogP contribution >= 0.6 is 0 Å². The van der Waals surface area contributed by atoms with Crippen molar-refractivity contribution in [3.63, 3.8) is 0 Å². The molecule has 0 bridgehead atoms. The molecule has 0 unspecified atom stereocenters. The second-order valence-corrected chi connectivity index (χ2v) is 13.1. The summed E-state index contributed by atoms with van der Waals surface area (Å²) in [4.78, 5) is 0. The fourth-order valence-corrected chi connectivity index (χ4v) is 7.42. The average molecular weight is 633 g/mol. The lowest BCUT2D eigenvalue weighted by atomic mass is 9.35. The molecule has 0 aliphatic carbocycles. The second-order valence-electron chi connectivity index (χ2n) is 13.1. The number of benzene rings is 7. The summed E-state index contributed by atoms with van der Waals surface area (Å²) in [6.45, 7) is 6.38. The summed E-state index contributed by atoms with van der Waals surface area (Å²) in [6, 6.07) is 50.8. The Morgan fingerprint density at radius 1 is 0.408 bits per heavy atom. The maximum atomic E-state index is 6.78. The van der Waals surface area contributed by atoms with Gasteiger partial charge in [-0.05, 0) is 106 Å². The lowest BCUT2D eigenvalue weighted by Crippen LogP contribution is -2.57. The van der Waals surface area contributed by atoms with E-state index in [1.165, 1.54) is 33.4 Å². The van der Waals surface area contributed by atoms with E-state index >= 15 is 0 Å². The van der Waals surface area contributed by atoms with Crippen molar-refractivity contribution in [2.75, 3.05) is 0 Å². The van der Waals surface area contributed by atoms with Crippen molar-refractivity contribution in [1.29, 1.82) is 0 Å². The molecule has 2 aliphatic rings. The molecule has 3 nitrogen and oxygen atoms in total. The van der Waals surface area contributed by atoms with Crippen LogP contribution in [0.1, 0.15) is 16.7 Å². The number of hydrogen-bond acceptors (Lipinski definition) is 3. The van der Waals surface area contributed by atoms with Crippen molar-refractivity contribution in [2.24, 2.45) is 0 Å². The molecule has 0 spiro atoms. The van der Waals surface area contributed by atoms with Gasteiger partial charge >= 0.3 is 0 Å². The number of rotatable bonds is 5. The molecule has 7 aromatic rings. The van der Waals surface area contributed by atoms with Crippen LogP contribution in [0.3, 0.4) is 0 Å². The van der Waals surface area contributed by atoms with Gasteiger partial charge in [-0.3, -0.25) is 0 Å². The molecule has 7 aromatic carbocycles. The first-order valence-corrected chi connectivity index (χ1v) is 16.8. The van der Waals surface area contributed by atoms with E-state index in [2.05, 4.69) is 142 Å². The Bertz CT molecular complexity index is 2310. The number of aryl methyl sites for hydroxylation is 3. The fourth-order valence-electron chi connectivity index (χ4n) is 7.42. The predicted molar refractivity (Wildman–Crippen MR) is 201 cm³/mol. The number of hydrogen-bond donors (Lipinski definition) is 0. The molecule has 2 aliphatic heterocycles. The van der Waals surface area contributed by atoms with Gasteiger partial charge in [0, 0.05) is 17.6 Å². The summed E-state index contributed by atoms with van der Waals surface area (Å²) >= 11 is 0. The molecule has 0 saturated heterocycles. The Morgan fingerprint density at radius 3 is 1.37 bits per heavy atom. The van der Waals surface area contributed by atoms with Crippen molar-refractivity contribution < 1.29 is 14.2 Å². The average Bonchev–Trinajstić information content (AvgIpc) is 3.11. The molecular formula is C45H33BO3. The first-order chi connectivity index (χ1) is 24.0. The summed E-state index contributed by atoms with van der Waals surface area (Å²) in [5, 5.41) is 0. The normalized spacial score (nSPS) is 12.3. The Balaban J connectivity index is 1.17. The van der Waals surface area contributed by atoms with Crippen molar-refractivity contribution >= 4 is 23.1 Å². The Kier molecular flexibility index (Phi) is 6.91. The van der Waals surface area contributed by atoms with Gasteiger partial charge in [-0.15, -0.1) is 0 Å². The highest BCUT2D eigenvalue weighted by Crippen LogP contribution is 2.41. The zero-order valence-corrected chi connectivity index (χ0v) is 27.7. The zero-order chi connectivity index (χ0) is 33.1. The van der Waals surface area contributed by atoms with Gasteiger partial charge < -0.3 is 14.2 Å². The van der Waals surface area contributed by atoms with Crippen molar-refractivity contribution in [1.82, 2.24) is 0 Å². The van der Waals surface area contributed by atoms with Crippen LogP contribution in [0.5, 0.6) is 34.5 Å². The van der Waals surface area contributed by atoms with Gasteiger partial charge in [-0.2, -0.15) is 0 Å². The molecule has 0 fully saturated rings. The van der Waals surface area contributed by atoms with E-state index in [1.54, 1.807) is 0 Å². The third-order valence-electron chi connectivity index (χ3n) is 9.89. The molecule has 9 rings (SSSR count). The minimum absolute atomic E-state index is 0.0484. The highest BCUT2D eigenvalue weighted by Gasteiger charge is 2.41. The molecule has 234 valence electrons. The number of ether oxygens (including phenoxy) is 3. The molecular weight excluding hydrogens is 599 g/mol. The third kappa shape index (κ3) is 5.08. The van der Waals surface area contributed by atoms with Crippen LogP contribution in [0, 0.1) is 20.8 Å². The van der Waals surface area contributed by atoms with E-state index < -0.39 is 0 Å². The fraction of sp³-hybridized carbons (Fsp3) is 0.0667. The predicted octanol–water partition coefficient (Wildman–Crippen LogP) is 10.1. The van der Waals surface area contributed by atoms with Gasteiger partial charge in [0.15, 0.2) is 0 Å². The lowest BCUT2D eigenvalue weighted by Gasteiger charge is -2.33. The first kappa shape index (κ1) is 29.2. The second kappa shape index (κ2) is 11.6. The minimum atomic E-state index is -0.0484. The molecule has 0 aromatic heterocycles. The lowest BCUT2D eigenvalue weighted by molar-refractivity contribution is 0.443. The standard InChI is InChI=1S/C45H33BO3/c1-28-11-4-7-16-36(28)31-14-10-15-34(23-31)47-35-26-43-45-44(27-35)49-42-25-33(38-18-9-6-13-30(38)3)20-22-40(42)46(45)39-21-19-32(24-41(39)48-43)37-17-8-5-12-29(37)2/h4-27H,1-3H3. The van der Waals surface area contributed by atoms with E-state index in [1.807, 2.05) is 24.3 Å². The molecule has 49 heavy (non-hydrogen) atoms. The highest BCUT2D eigenvalue weighted by molar-refractivity contribution is 6.98. The summed E-state index contributed by atoms with van der Waals surface area (Å²) in [5.74, 6) is 4.59. The van der Waals surface area contributed by atoms with Gasteiger partial charge in [0.25, 0.3) is 6.71 Å². The van der Waals surface area contributed by atoms with E-state index in [4.69, 9.17) is 14.2 Å². The van der Waals surface area contributed by atoms with E-state index in [0.29, 0.717) is 5.75 Å². The maximum absolute atomic E-state index is 6.78. The van der Waals surface area contributed by atoms with Gasteiger partial charge in [0.05, 0.1) is 0 Å². The van der Waals surface area contributed by atoms with Crippen LogP contribution in [0.2, 0.25) is 0 Å². The van der Waals surface area contributed by atoms with Gasteiger partial charge in [-0.25, -0.2) is 0 Å². The summed E-state index contributed by atoms with van der Waals surface area (Å²) in [6.07, 6.45) is 0. The summed E-state index contributed by atoms with van der Waals surface area (Å²) < 4.78 is 20.1. The minimum Gasteiger partial charge on any atom is -0.458 e. The van der Waals surface area contributed by atoms with Crippen LogP contribution in [0.4, 0.5) is 0 Å². The molecule has 0 atom stereocenters. The van der Waals surface area contributed by atoms with E-state index in [9.17, 15) is 0 Å².